The van der Waals surface area contributed by atoms with Gasteiger partial charge in [0.15, 0.2) is 0 Å². The number of nitrogens with zero attached hydrogens (tertiary/aromatic N) is 1. The summed E-state index contributed by atoms with van der Waals surface area (Å²) in [6.45, 7) is 1.16. The van der Waals surface area contributed by atoms with Crippen molar-refractivity contribution in [3.8, 4) is 0 Å². The summed E-state index contributed by atoms with van der Waals surface area (Å²) in [6.07, 6.45) is 5.68. The number of para-hydroxylation sites is 1. The fourth-order valence-electron chi connectivity index (χ4n) is 2.52. The Morgan fingerprint density at radius 1 is 1.15 bits per heavy atom. The van der Waals surface area contributed by atoms with Crippen molar-refractivity contribution in [1.29, 1.82) is 0 Å². The van der Waals surface area contributed by atoms with E-state index in [9.17, 15) is 4.79 Å². The van der Waals surface area contributed by atoms with E-state index < -0.39 is 5.97 Å². The maximum Gasteiger partial charge on any atom is 0.303 e. The van der Waals surface area contributed by atoms with E-state index >= 15 is 0 Å². The number of aromatic nitrogens is 1. The molecule has 0 radical (unpaired) electrons. The molecule has 1 heterocycles. The van der Waals surface area contributed by atoms with Gasteiger partial charge in [0.05, 0.1) is 0 Å². The molecule has 0 aliphatic heterocycles. The number of fused-ring (bicyclic) bond motifs is 1. The van der Waals surface area contributed by atoms with Crippen molar-refractivity contribution in [2.24, 2.45) is 0 Å². The van der Waals surface area contributed by atoms with Crippen molar-refractivity contribution in [3.05, 3.63) is 36.0 Å². The summed E-state index contributed by atoms with van der Waals surface area (Å²) in [5.41, 5.74) is 2.27. The molecule has 1 aromatic carbocycles. The van der Waals surface area contributed by atoms with Crippen molar-refractivity contribution >= 4 is 16.9 Å². The van der Waals surface area contributed by atoms with Crippen molar-refractivity contribution in [1.82, 2.24) is 4.57 Å². The Morgan fingerprint density at radius 3 is 2.70 bits per heavy atom. The second-order valence-electron chi connectivity index (χ2n) is 5.04. The standard InChI is InChI=1S/C16H21NO3/c18-11-5-1-4-10-17-12-13(8-9-16(19)20)14-6-2-3-7-15(14)17/h2-3,6-7,12,18H,1,4-5,8-11H2,(H,19,20). The predicted molar refractivity (Wildman–Crippen MR) is 78.8 cm³/mol. The van der Waals surface area contributed by atoms with Crippen LogP contribution >= 0.6 is 0 Å². The lowest BCUT2D eigenvalue weighted by Crippen LogP contribution is -1.98. The highest BCUT2D eigenvalue weighted by atomic mass is 16.4. The first-order valence-electron chi connectivity index (χ1n) is 7.12. The number of unbranched alkanes of at least 4 members (excludes halogenated alkanes) is 2. The lowest BCUT2D eigenvalue weighted by molar-refractivity contribution is -0.136. The summed E-state index contributed by atoms with van der Waals surface area (Å²) in [5, 5.41) is 18.8. The summed E-state index contributed by atoms with van der Waals surface area (Å²) in [4.78, 5) is 10.7. The summed E-state index contributed by atoms with van der Waals surface area (Å²) >= 11 is 0. The van der Waals surface area contributed by atoms with E-state index in [1.54, 1.807) is 0 Å². The molecule has 20 heavy (non-hydrogen) atoms. The molecule has 0 saturated carbocycles. The lowest BCUT2D eigenvalue weighted by Gasteiger charge is -2.04. The molecule has 1 aromatic heterocycles. The molecule has 0 amide bonds. The van der Waals surface area contributed by atoms with Crippen LogP contribution in [0, 0.1) is 0 Å². The first-order valence-corrected chi connectivity index (χ1v) is 7.12. The fraction of sp³-hybridized carbons (Fsp3) is 0.438. The first kappa shape index (κ1) is 14.6. The third-order valence-electron chi connectivity index (χ3n) is 3.54. The van der Waals surface area contributed by atoms with Crippen molar-refractivity contribution < 1.29 is 15.0 Å². The van der Waals surface area contributed by atoms with Gasteiger partial charge in [-0.3, -0.25) is 4.79 Å². The van der Waals surface area contributed by atoms with Gasteiger partial charge in [0.25, 0.3) is 0 Å². The molecule has 0 aliphatic rings. The third-order valence-corrected chi connectivity index (χ3v) is 3.54. The van der Waals surface area contributed by atoms with Gasteiger partial charge < -0.3 is 14.8 Å². The van der Waals surface area contributed by atoms with Gasteiger partial charge in [-0.2, -0.15) is 0 Å². The van der Waals surface area contributed by atoms with Crippen LogP contribution in [0.4, 0.5) is 0 Å². The molecule has 0 atom stereocenters. The van der Waals surface area contributed by atoms with Crippen LogP contribution in [-0.2, 0) is 17.8 Å². The van der Waals surface area contributed by atoms with Crippen LogP contribution in [0.15, 0.2) is 30.5 Å². The van der Waals surface area contributed by atoms with Gasteiger partial charge in [0.1, 0.15) is 0 Å². The molecule has 2 rings (SSSR count). The molecule has 4 nitrogen and oxygen atoms in total. The minimum Gasteiger partial charge on any atom is -0.481 e. The topological polar surface area (TPSA) is 62.5 Å². The molecular formula is C16H21NO3. The second-order valence-corrected chi connectivity index (χ2v) is 5.04. The van der Waals surface area contributed by atoms with Crippen LogP contribution < -0.4 is 0 Å². The Labute approximate surface area is 118 Å². The Morgan fingerprint density at radius 2 is 1.95 bits per heavy atom. The van der Waals surface area contributed by atoms with E-state index in [1.807, 2.05) is 12.1 Å². The molecule has 108 valence electrons. The van der Waals surface area contributed by atoms with Gasteiger partial charge in [-0.1, -0.05) is 18.2 Å². The van der Waals surface area contributed by atoms with Crippen molar-refractivity contribution in [2.45, 2.75) is 38.6 Å². The average molecular weight is 275 g/mol. The third kappa shape index (κ3) is 3.61. The van der Waals surface area contributed by atoms with E-state index in [0.717, 1.165) is 42.3 Å². The highest BCUT2D eigenvalue weighted by Gasteiger charge is 2.09. The number of rotatable bonds is 8. The molecule has 0 spiro atoms. The first-order chi connectivity index (χ1) is 9.72. The summed E-state index contributed by atoms with van der Waals surface area (Å²) in [6, 6.07) is 8.12. The summed E-state index contributed by atoms with van der Waals surface area (Å²) < 4.78 is 2.20. The number of carboxylic acid groups (broad SMARTS) is 1. The molecule has 0 aliphatic carbocycles. The van der Waals surface area contributed by atoms with Gasteiger partial charge in [0, 0.05) is 36.7 Å². The zero-order chi connectivity index (χ0) is 14.4. The number of hydrogen-bond acceptors (Lipinski definition) is 2. The van der Waals surface area contributed by atoms with E-state index in [1.165, 1.54) is 0 Å². The van der Waals surface area contributed by atoms with Gasteiger partial charge >= 0.3 is 5.97 Å². The summed E-state index contributed by atoms with van der Waals surface area (Å²) in [5.74, 6) is -0.759. The van der Waals surface area contributed by atoms with Crippen LogP contribution in [-0.4, -0.2) is 27.4 Å². The quantitative estimate of drug-likeness (QED) is 0.728. The van der Waals surface area contributed by atoms with Gasteiger partial charge in [-0.25, -0.2) is 0 Å². The second kappa shape index (κ2) is 7.10. The molecule has 0 fully saturated rings. The maximum atomic E-state index is 10.7. The number of carbonyl (C=O) groups is 1. The van der Waals surface area contributed by atoms with Crippen molar-refractivity contribution in [3.63, 3.8) is 0 Å². The molecule has 0 bridgehead atoms. The minimum atomic E-state index is -0.759. The fourth-order valence-corrected chi connectivity index (χ4v) is 2.52. The normalized spacial score (nSPS) is 11.1. The van der Waals surface area contributed by atoms with E-state index in [0.29, 0.717) is 6.42 Å². The van der Waals surface area contributed by atoms with Gasteiger partial charge in [-0.05, 0) is 37.3 Å². The van der Waals surface area contributed by atoms with Crippen LogP contribution in [0.3, 0.4) is 0 Å². The summed E-state index contributed by atoms with van der Waals surface area (Å²) in [7, 11) is 0. The molecule has 4 heteroatoms. The SMILES string of the molecule is O=C(O)CCc1cn(CCCCCO)c2ccccc12. The number of aryl methyl sites for hydroxylation is 2. The number of aliphatic hydroxyl groups is 1. The largest absolute Gasteiger partial charge is 0.481 e. The van der Waals surface area contributed by atoms with Crippen LogP contribution in [0.2, 0.25) is 0 Å². The number of benzene rings is 1. The molecule has 2 aromatic rings. The monoisotopic (exact) mass is 275 g/mol. The van der Waals surface area contributed by atoms with Gasteiger partial charge in [0.2, 0.25) is 0 Å². The molecule has 0 saturated heterocycles. The highest BCUT2D eigenvalue weighted by Crippen LogP contribution is 2.23. The van der Waals surface area contributed by atoms with Gasteiger partial charge in [-0.15, -0.1) is 0 Å². The number of aliphatic hydroxyl groups excluding tert-OH is 1. The van der Waals surface area contributed by atoms with E-state index in [4.69, 9.17) is 10.2 Å². The number of hydrogen-bond donors (Lipinski definition) is 2. The Hall–Kier alpha value is -1.81. The molecule has 0 unspecified atom stereocenters. The predicted octanol–water partition coefficient (Wildman–Crippen LogP) is 2.82. The smallest absolute Gasteiger partial charge is 0.303 e. The molecular weight excluding hydrogens is 254 g/mol. The lowest BCUT2D eigenvalue weighted by atomic mass is 10.1. The minimum absolute atomic E-state index is 0.165. The van der Waals surface area contributed by atoms with Crippen LogP contribution in [0.25, 0.3) is 10.9 Å². The Bertz CT molecular complexity index is 574. The maximum absolute atomic E-state index is 10.7. The zero-order valence-electron chi connectivity index (χ0n) is 11.6. The number of aliphatic carboxylic acids is 1. The van der Waals surface area contributed by atoms with Crippen LogP contribution in [0.5, 0.6) is 0 Å². The van der Waals surface area contributed by atoms with E-state index in [-0.39, 0.29) is 13.0 Å². The molecule has 2 N–H and O–H groups in total. The highest BCUT2D eigenvalue weighted by molar-refractivity contribution is 5.84. The van der Waals surface area contributed by atoms with Crippen molar-refractivity contribution in [2.75, 3.05) is 6.61 Å². The van der Waals surface area contributed by atoms with Crippen LogP contribution in [0.1, 0.15) is 31.2 Å². The Balaban J connectivity index is 2.15. The average Bonchev–Trinajstić information content (AvgIpc) is 2.80. The number of carboxylic acids is 1. The van der Waals surface area contributed by atoms with E-state index in [2.05, 4.69) is 22.9 Å². The Kier molecular flexibility index (Phi) is 5.18. The zero-order valence-corrected chi connectivity index (χ0v) is 11.6.